The van der Waals surface area contributed by atoms with E-state index >= 15 is 0 Å². The van der Waals surface area contributed by atoms with Gasteiger partial charge in [-0.2, -0.15) is 4.31 Å². The van der Waals surface area contributed by atoms with Gasteiger partial charge in [0.2, 0.25) is 10.0 Å². The van der Waals surface area contributed by atoms with Crippen molar-refractivity contribution >= 4 is 16.0 Å². The van der Waals surface area contributed by atoms with E-state index in [0.29, 0.717) is 17.3 Å². The second kappa shape index (κ2) is 9.43. The summed E-state index contributed by atoms with van der Waals surface area (Å²) in [6.45, 7) is 1.87. The Morgan fingerprint density at radius 1 is 1.15 bits per heavy atom. The standard InChI is InChI=1S/C18H23NO7S/c1-4-25-18(20)9-10-19(13-14-6-5-11-26-14)27(21,22)15-7-8-16(23-2)17(12-15)24-3/h5-8,11-12H,4,9-10,13H2,1-3H3. The number of furan rings is 1. The van der Waals surface area contributed by atoms with Gasteiger partial charge in [-0.1, -0.05) is 0 Å². The van der Waals surface area contributed by atoms with E-state index in [1.54, 1.807) is 19.1 Å². The lowest BCUT2D eigenvalue weighted by molar-refractivity contribution is -0.143. The Morgan fingerprint density at radius 3 is 2.48 bits per heavy atom. The summed E-state index contributed by atoms with van der Waals surface area (Å²) in [5.41, 5.74) is 0. The average Bonchev–Trinajstić information content (AvgIpc) is 3.17. The van der Waals surface area contributed by atoms with Crippen LogP contribution in [0.1, 0.15) is 19.1 Å². The SMILES string of the molecule is CCOC(=O)CCN(Cc1ccco1)S(=O)(=O)c1ccc(OC)c(OC)c1. The lowest BCUT2D eigenvalue weighted by Crippen LogP contribution is -2.33. The molecule has 0 unspecified atom stereocenters. The number of hydrogen-bond donors (Lipinski definition) is 0. The van der Waals surface area contributed by atoms with Crippen molar-refractivity contribution in [2.45, 2.75) is 24.8 Å². The van der Waals surface area contributed by atoms with E-state index in [1.165, 1.54) is 43.0 Å². The smallest absolute Gasteiger partial charge is 0.307 e. The number of hydrogen-bond acceptors (Lipinski definition) is 7. The van der Waals surface area contributed by atoms with Crippen molar-refractivity contribution in [3.8, 4) is 11.5 Å². The highest BCUT2D eigenvalue weighted by molar-refractivity contribution is 7.89. The molecule has 0 amide bonds. The Morgan fingerprint density at radius 2 is 1.89 bits per heavy atom. The molecule has 1 aromatic carbocycles. The quantitative estimate of drug-likeness (QED) is 0.568. The minimum Gasteiger partial charge on any atom is -0.493 e. The number of carbonyl (C=O) groups is 1. The summed E-state index contributed by atoms with van der Waals surface area (Å²) in [7, 11) is -1.02. The van der Waals surface area contributed by atoms with E-state index in [-0.39, 0.29) is 31.0 Å². The van der Waals surface area contributed by atoms with Gasteiger partial charge < -0.3 is 18.6 Å². The van der Waals surface area contributed by atoms with Gasteiger partial charge in [-0.25, -0.2) is 8.42 Å². The van der Waals surface area contributed by atoms with Gasteiger partial charge in [0.1, 0.15) is 5.76 Å². The van der Waals surface area contributed by atoms with Crippen LogP contribution in [-0.4, -0.2) is 46.1 Å². The van der Waals surface area contributed by atoms with Gasteiger partial charge in [0.15, 0.2) is 11.5 Å². The van der Waals surface area contributed by atoms with Gasteiger partial charge in [0, 0.05) is 12.6 Å². The molecule has 9 heteroatoms. The first-order chi connectivity index (χ1) is 12.9. The van der Waals surface area contributed by atoms with Crippen molar-refractivity contribution in [1.29, 1.82) is 0 Å². The number of benzene rings is 1. The highest BCUT2D eigenvalue weighted by atomic mass is 32.2. The number of methoxy groups -OCH3 is 2. The van der Waals surface area contributed by atoms with Crippen LogP contribution in [0.2, 0.25) is 0 Å². The van der Waals surface area contributed by atoms with E-state index in [4.69, 9.17) is 18.6 Å². The third-order valence-electron chi connectivity index (χ3n) is 3.78. The number of carbonyl (C=O) groups excluding carboxylic acids is 1. The molecule has 0 saturated carbocycles. The lowest BCUT2D eigenvalue weighted by atomic mass is 10.3. The van der Waals surface area contributed by atoms with E-state index < -0.39 is 16.0 Å². The maximum absolute atomic E-state index is 13.1. The van der Waals surface area contributed by atoms with Crippen molar-refractivity contribution in [2.75, 3.05) is 27.4 Å². The Kier molecular flexibility index (Phi) is 7.26. The zero-order chi connectivity index (χ0) is 19.9. The molecule has 2 rings (SSSR count). The van der Waals surface area contributed by atoms with Gasteiger partial charge in [0.05, 0.1) is 45.0 Å². The summed E-state index contributed by atoms with van der Waals surface area (Å²) < 4.78 is 47.9. The first-order valence-electron chi connectivity index (χ1n) is 8.32. The average molecular weight is 397 g/mol. The molecule has 0 aliphatic heterocycles. The predicted octanol–water partition coefficient (Wildman–Crippen LogP) is 2.44. The molecule has 2 aromatic rings. The molecule has 148 valence electrons. The van der Waals surface area contributed by atoms with Crippen LogP contribution in [0.5, 0.6) is 11.5 Å². The number of esters is 1. The Labute approximate surface area is 158 Å². The third-order valence-corrected chi connectivity index (χ3v) is 5.62. The first kappa shape index (κ1) is 20.8. The van der Waals surface area contributed by atoms with E-state index in [1.807, 2.05) is 0 Å². The van der Waals surface area contributed by atoms with Crippen LogP contribution in [0.4, 0.5) is 0 Å². The molecule has 0 spiro atoms. The van der Waals surface area contributed by atoms with Crippen LogP contribution >= 0.6 is 0 Å². The second-order valence-electron chi connectivity index (χ2n) is 5.49. The summed E-state index contributed by atoms with van der Waals surface area (Å²) in [4.78, 5) is 11.7. The topological polar surface area (TPSA) is 95.3 Å². The van der Waals surface area contributed by atoms with Crippen molar-refractivity contribution in [3.63, 3.8) is 0 Å². The summed E-state index contributed by atoms with van der Waals surface area (Å²) in [6, 6.07) is 7.66. The van der Waals surface area contributed by atoms with Crippen LogP contribution < -0.4 is 9.47 Å². The lowest BCUT2D eigenvalue weighted by Gasteiger charge is -2.21. The molecule has 0 radical (unpaired) electrons. The molecule has 1 aromatic heterocycles. The molecule has 0 saturated heterocycles. The Bertz CT molecular complexity index is 847. The fraction of sp³-hybridized carbons (Fsp3) is 0.389. The van der Waals surface area contributed by atoms with Crippen molar-refractivity contribution in [3.05, 3.63) is 42.4 Å². The zero-order valence-electron chi connectivity index (χ0n) is 15.5. The highest BCUT2D eigenvalue weighted by Gasteiger charge is 2.27. The number of ether oxygens (including phenoxy) is 3. The van der Waals surface area contributed by atoms with Crippen LogP contribution in [0.3, 0.4) is 0 Å². The number of rotatable bonds is 10. The van der Waals surface area contributed by atoms with Gasteiger partial charge in [-0.05, 0) is 31.2 Å². The van der Waals surface area contributed by atoms with Gasteiger partial charge in [0.25, 0.3) is 0 Å². The summed E-state index contributed by atoms with van der Waals surface area (Å²) in [5, 5.41) is 0. The molecule has 27 heavy (non-hydrogen) atoms. The summed E-state index contributed by atoms with van der Waals surface area (Å²) >= 11 is 0. The van der Waals surface area contributed by atoms with Crippen molar-refractivity contribution < 1.29 is 31.8 Å². The Balaban J connectivity index is 2.32. The fourth-order valence-corrected chi connectivity index (χ4v) is 3.86. The van der Waals surface area contributed by atoms with Crippen molar-refractivity contribution in [2.24, 2.45) is 0 Å². The molecular formula is C18H23NO7S. The molecule has 0 fully saturated rings. The van der Waals surface area contributed by atoms with E-state index in [0.717, 1.165) is 0 Å². The van der Waals surface area contributed by atoms with Crippen LogP contribution in [0.15, 0.2) is 45.9 Å². The molecule has 0 bridgehead atoms. The number of sulfonamides is 1. The summed E-state index contributed by atoms with van der Waals surface area (Å²) in [6.07, 6.45) is 1.39. The van der Waals surface area contributed by atoms with Gasteiger partial charge >= 0.3 is 5.97 Å². The van der Waals surface area contributed by atoms with Crippen LogP contribution in [-0.2, 0) is 26.1 Å². The van der Waals surface area contributed by atoms with E-state index in [2.05, 4.69) is 0 Å². The molecule has 0 aliphatic rings. The van der Waals surface area contributed by atoms with Crippen molar-refractivity contribution in [1.82, 2.24) is 4.31 Å². The minimum atomic E-state index is -3.92. The largest absolute Gasteiger partial charge is 0.493 e. The summed E-state index contributed by atoms with van der Waals surface area (Å²) in [5.74, 6) is 0.704. The number of nitrogens with zero attached hydrogens (tertiary/aromatic N) is 1. The predicted molar refractivity (Wildman–Crippen MR) is 97.1 cm³/mol. The molecular weight excluding hydrogens is 374 g/mol. The molecule has 0 atom stereocenters. The van der Waals surface area contributed by atoms with Crippen LogP contribution in [0, 0.1) is 0 Å². The molecule has 1 heterocycles. The highest BCUT2D eigenvalue weighted by Crippen LogP contribution is 2.31. The molecule has 0 N–H and O–H groups in total. The first-order valence-corrected chi connectivity index (χ1v) is 9.76. The maximum atomic E-state index is 13.1. The normalized spacial score (nSPS) is 11.4. The minimum absolute atomic E-state index is 0.0108. The fourth-order valence-electron chi connectivity index (χ4n) is 2.44. The molecule has 8 nitrogen and oxygen atoms in total. The van der Waals surface area contributed by atoms with E-state index in [9.17, 15) is 13.2 Å². The molecule has 0 aliphatic carbocycles. The van der Waals surface area contributed by atoms with Crippen LogP contribution in [0.25, 0.3) is 0 Å². The second-order valence-corrected chi connectivity index (χ2v) is 7.43. The van der Waals surface area contributed by atoms with Gasteiger partial charge in [-0.15, -0.1) is 0 Å². The zero-order valence-corrected chi connectivity index (χ0v) is 16.3. The monoisotopic (exact) mass is 397 g/mol. The Hall–Kier alpha value is -2.52. The third kappa shape index (κ3) is 5.24. The maximum Gasteiger partial charge on any atom is 0.307 e. The van der Waals surface area contributed by atoms with Gasteiger partial charge in [-0.3, -0.25) is 4.79 Å².